The lowest BCUT2D eigenvalue weighted by molar-refractivity contribution is -0.144. The van der Waals surface area contributed by atoms with Gasteiger partial charge in [0.1, 0.15) is 17.7 Å². The van der Waals surface area contributed by atoms with Gasteiger partial charge in [0.15, 0.2) is 0 Å². The maximum absolute atomic E-state index is 12.4. The van der Waals surface area contributed by atoms with E-state index in [4.69, 9.17) is 4.74 Å². The van der Waals surface area contributed by atoms with Crippen LogP contribution in [0.2, 0.25) is 0 Å². The number of amides is 2. The fourth-order valence-corrected chi connectivity index (χ4v) is 2.56. The number of nitrogens with zero attached hydrogens (tertiary/aromatic N) is 4. The van der Waals surface area contributed by atoms with E-state index in [9.17, 15) is 18.0 Å². The second-order valence-corrected chi connectivity index (χ2v) is 5.76. The summed E-state index contributed by atoms with van der Waals surface area (Å²) in [6.45, 7) is 0.815. The van der Waals surface area contributed by atoms with Gasteiger partial charge in [-0.05, 0) is 12.1 Å². The molecule has 0 aliphatic carbocycles. The van der Waals surface area contributed by atoms with Gasteiger partial charge in [0, 0.05) is 32.1 Å². The van der Waals surface area contributed by atoms with Crippen LogP contribution in [0.15, 0.2) is 24.5 Å². The summed E-state index contributed by atoms with van der Waals surface area (Å²) in [5, 5.41) is 7.78. The third-order valence-electron chi connectivity index (χ3n) is 3.86. The fourth-order valence-electron chi connectivity index (χ4n) is 2.56. The van der Waals surface area contributed by atoms with Crippen molar-refractivity contribution >= 4 is 6.03 Å². The molecule has 0 atom stereocenters. The zero-order valence-corrected chi connectivity index (χ0v) is 13.7. The Kier molecular flexibility index (Phi) is 5.24. The highest BCUT2D eigenvalue weighted by Crippen LogP contribution is 2.25. The van der Waals surface area contributed by atoms with Crippen molar-refractivity contribution in [1.82, 2.24) is 30.4 Å². The van der Waals surface area contributed by atoms with Crippen LogP contribution in [0, 0.1) is 0 Å². The fraction of sp³-hybridized carbons (Fsp3) is 0.467. The maximum atomic E-state index is 12.4. The van der Waals surface area contributed by atoms with Crippen molar-refractivity contribution in [2.75, 3.05) is 13.1 Å². The van der Waals surface area contributed by atoms with Crippen LogP contribution < -0.4 is 10.1 Å². The average molecular weight is 370 g/mol. The number of piperidine rings is 1. The molecular weight excluding hydrogens is 353 g/mol. The topological polar surface area (TPSA) is 96.0 Å². The van der Waals surface area contributed by atoms with Gasteiger partial charge in [0.05, 0.1) is 12.7 Å². The molecule has 0 spiro atoms. The summed E-state index contributed by atoms with van der Waals surface area (Å²) >= 11 is 0. The Balaban J connectivity index is 1.43. The maximum Gasteiger partial charge on any atom is 0.453 e. The molecule has 2 N–H and O–H groups in total. The van der Waals surface area contributed by atoms with Gasteiger partial charge in [0.25, 0.3) is 5.82 Å². The van der Waals surface area contributed by atoms with Gasteiger partial charge >= 0.3 is 12.2 Å². The summed E-state index contributed by atoms with van der Waals surface area (Å²) in [6.07, 6.45) is -0.0231. The summed E-state index contributed by atoms with van der Waals surface area (Å²) in [4.78, 5) is 21.0. The van der Waals surface area contributed by atoms with Gasteiger partial charge in [-0.25, -0.2) is 9.78 Å². The number of urea groups is 1. The SMILES string of the molecule is O=C(NCc1nc(C(F)(F)F)n[nH]1)N1CCC(Oc2cccnc2)CC1. The first-order valence-electron chi connectivity index (χ1n) is 8.00. The van der Waals surface area contributed by atoms with Gasteiger partial charge in [0.2, 0.25) is 0 Å². The molecule has 0 aromatic carbocycles. The lowest BCUT2D eigenvalue weighted by Gasteiger charge is -2.32. The van der Waals surface area contributed by atoms with E-state index in [1.54, 1.807) is 23.4 Å². The molecule has 11 heteroatoms. The van der Waals surface area contributed by atoms with Crippen LogP contribution >= 0.6 is 0 Å². The summed E-state index contributed by atoms with van der Waals surface area (Å²) in [5.74, 6) is -0.628. The highest BCUT2D eigenvalue weighted by molar-refractivity contribution is 5.74. The Morgan fingerprint density at radius 2 is 2.15 bits per heavy atom. The van der Waals surface area contributed by atoms with E-state index in [-0.39, 0.29) is 24.5 Å². The highest BCUT2D eigenvalue weighted by atomic mass is 19.4. The van der Waals surface area contributed by atoms with Crippen LogP contribution in [-0.4, -0.2) is 50.3 Å². The summed E-state index contributed by atoms with van der Waals surface area (Å²) < 4.78 is 43.1. The van der Waals surface area contributed by atoms with Crippen molar-refractivity contribution in [1.29, 1.82) is 0 Å². The van der Waals surface area contributed by atoms with Crippen LogP contribution in [0.3, 0.4) is 0 Å². The number of aromatic amines is 1. The monoisotopic (exact) mass is 370 g/mol. The molecule has 2 aromatic rings. The van der Waals surface area contributed by atoms with Gasteiger partial charge in [-0.3, -0.25) is 10.1 Å². The molecule has 2 amide bonds. The van der Waals surface area contributed by atoms with Crippen molar-refractivity contribution in [2.45, 2.75) is 31.7 Å². The van der Waals surface area contributed by atoms with Gasteiger partial charge < -0.3 is 15.0 Å². The van der Waals surface area contributed by atoms with Gasteiger partial charge in [-0.2, -0.15) is 13.2 Å². The van der Waals surface area contributed by atoms with E-state index in [1.165, 1.54) is 0 Å². The highest BCUT2D eigenvalue weighted by Gasteiger charge is 2.36. The standard InChI is InChI=1S/C15H17F3N6O2/c16-15(17,18)13-21-12(22-23-13)9-20-14(25)24-6-3-10(4-7-24)26-11-2-1-5-19-8-11/h1-2,5,8,10H,3-4,6-7,9H2,(H,20,25)(H,21,22,23). The van der Waals surface area contributed by atoms with Crippen molar-refractivity contribution in [2.24, 2.45) is 0 Å². The normalized spacial score (nSPS) is 15.7. The number of carbonyl (C=O) groups excluding carboxylic acids is 1. The first-order valence-corrected chi connectivity index (χ1v) is 8.00. The molecule has 0 unspecified atom stereocenters. The molecule has 0 radical (unpaired) electrons. The van der Waals surface area contributed by atoms with Crippen molar-refractivity contribution in [3.8, 4) is 5.75 Å². The Morgan fingerprint density at radius 1 is 1.38 bits per heavy atom. The molecular formula is C15H17F3N6O2. The number of likely N-dealkylation sites (tertiary alicyclic amines) is 1. The van der Waals surface area contributed by atoms with Crippen LogP contribution in [0.5, 0.6) is 5.75 Å². The molecule has 26 heavy (non-hydrogen) atoms. The Morgan fingerprint density at radius 3 is 2.77 bits per heavy atom. The number of alkyl halides is 3. The largest absolute Gasteiger partial charge is 0.489 e. The Bertz CT molecular complexity index is 728. The molecule has 1 aliphatic rings. The lowest BCUT2D eigenvalue weighted by Crippen LogP contribution is -2.46. The minimum Gasteiger partial charge on any atom is -0.489 e. The summed E-state index contributed by atoms with van der Waals surface area (Å²) in [5.41, 5.74) is 0. The first kappa shape index (κ1) is 18.0. The van der Waals surface area contributed by atoms with E-state index in [2.05, 4.69) is 25.5 Å². The Labute approximate surface area is 146 Å². The predicted molar refractivity (Wildman–Crippen MR) is 83.1 cm³/mol. The summed E-state index contributed by atoms with van der Waals surface area (Å²) in [7, 11) is 0. The van der Waals surface area contributed by atoms with Crippen LogP contribution in [-0.2, 0) is 12.7 Å². The number of nitrogens with one attached hydrogen (secondary N) is 2. The molecule has 2 aromatic heterocycles. The number of H-pyrrole nitrogens is 1. The first-order chi connectivity index (χ1) is 12.4. The van der Waals surface area contributed by atoms with Crippen molar-refractivity contribution < 1.29 is 22.7 Å². The van der Waals surface area contributed by atoms with Crippen molar-refractivity contribution in [3.63, 3.8) is 0 Å². The number of pyridine rings is 1. The molecule has 1 saturated heterocycles. The number of ether oxygens (including phenoxy) is 1. The molecule has 140 valence electrons. The van der Waals surface area contributed by atoms with Crippen LogP contribution in [0.4, 0.5) is 18.0 Å². The lowest BCUT2D eigenvalue weighted by atomic mass is 10.1. The van der Waals surface area contributed by atoms with Gasteiger partial charge in [-0.15, -0.1) is 5.10 Å². The number of hydrogen-bond donors (Lipinski definition) is 2. The zero-order valence-electron chi connectivity index (χ0n) is 13.7. The minimum absolute atomic E-state index is 0.00753. The van der Waals surface area contributed by atoms with Gasteiger partial charge in [-0.1, -0.05) is 0 Å². The Hall–Kier alpha value is -2.85. The molecule has 3 heterocycles. The van der Waals surface area contributed by atoms with E-state index in [0.717, 1.165) is 0 Å². The second kappa shape index (κ2) is 7.58. The number of rotatable bonds is 4. The molecule has 8 nitrogen and oxygen atoms in total. The predicted octanol–water partition coefficient (Wildman–Crippen LogP) is 1.97. The quantitative estimate of drug-likeness (QED) is 0.858. The molecule has 3 rings (SSSR count). The third-order valence-corrected chi connectivity index (χ3v) is 3.86. The van der Waals surface area contributed by atoms with E-state index < -0.39 is 12.0 Å². The summed E-state index contributed by atoms with van der Waals surface area (Å²) in [6, 6.07) is 3.24. The minimum atomic E-state index is -4.62. The third kappa shape index (κ3) is 4.61. The average Bonchev–Trinajstić information content (AvgIpc) is 3.11. The number of carbonyl (C=O) groups is 1. The van der Waals surface area contributed by atoms with Crippen molar-refractivity contribution in [3.05, 3.63) is 36.2 Å². The van der Waals surface area contributed by atoms with E-state index in [1.807, 2.05) is 6.07 Å². The number of aromatic nitrogens is 4. The molecule has 0 saturated carbocycles. The molecule has 1 aliphatic heterocycles. The molecule has 0 bridgehead atoms. The van der Waals surface area contributed by atoms with Crippen LogP contribution in [0.25, 0.3) is 0 Å². The second-order valence-electron chi connectivity index (χ2n) is 5.76. The molecule has 1 fully saturated rings. The zero-order chi connectivity index (χ0) is 18.6. The van der Waals surface area contributed by atoms with E-state index >= 15 is 0 Å². The van der Waals surface area contributed by atoms with E-state index in [0.29, 0.717) is 31.7 Å². The number of hydrogen-bond acceptors (Lipinski definition) is 5. The number of halogens is 3. The van der Waals surface area contributed by atoms with Crippen LogP contribution in [0.1, 0.15) is 24.5 Å². The smallest absolute Gasteiger partial charge is 0.453 e.